The molecule has 0 saturated carbocycles. The molecule has 1 atom stereocenters. The van der Waals surface area contributed by atoms with Gasteiger partial charge in [0.25, 0.3) is 20.1 Å². The van der Waals surface area contributed by atoms with Gasteiger partial charge in [0.1, 0.15) is 15.5 Å². The highest BCUT2D eigenvalue weighted by atomic mass is 32.2. The quantitative estimate of drug-likeness (QED) is 0.305. The van der Waals surface area contributed by atoms with Crippen molar-refractivity contribution >= 4 is 42.0 Å². The van der Waals surface area contributed by atoms with E-state index in [1.54, 1.807) is 6.07 Å². The van der Waals surface area contributed by atoms with E-state index in [0.29, 0.717) is 3.97 Å². The number of fused-ring (bicyclic) bond motifs is 1. The van der Waals surface area contributed by atoms with Gasteiger partial charge < -0.3 is 4.74 Å². The number of hydrogen-bond donors (Lipinski definition) is 1. The third kappa shape index (κ3) is 5.57. The van der Waals surface area contributed by atoms with E-state index in [2.05, 4.69) is 9.97 Å². The van der Waals surface area contributed by atoms with Crippen LogP contribution in [0, 0.1) is 6.92 Å². The second-order valence-electron chi connectivity index (χ2n) is 7.85. The van der Waals surface area contributed by atoms with E-state index < -0.39 is 64.4 Å². The fourth-order valence-corrected chi connectivity index (χ4v) is 7.87. The lowest BCUT2D eigenvalue weighted by Crippen LogP contribution is -2.20. The zero-order chi connectivity index (χ0) is 27.9. The molecule has 1 N–H and O–H groups in total. The minimum Gasteiger partial charge on any atom is -0.484 e. The third-order valence-electron chi connectivity index (χ3n) is 5.26. The van der Waals surface area contributed by atoms with Gasteiger partial charge in [-0.25, -0.2) is 17.4 Å². The first kappa shape index (κ1) is 27.7. The number of halogens is 3. The maximum Gasteiger partial charge on any atom is 0.422 e. The summed E-state index contributed by atoms with van der Waals surface area (Å²) in [7, 11) is -12.0. The van der Waals surface area contributed by atoms with Crippen molar-refractivity contribution in [3.8, 4) is 5.75 Å². The van der Waals surface area contributed by atoms with Crippen LogP contribution in [-0.4, -0.2) is 52.3 Å². The number of aromatic nitrogens is 3. The van der Waals surface area contributed by atoms with E-state index in [-0.39, 0.29) is 28.0 Å². The van der Waals surface area contributed by atoms with Crippen molar-refractivity contribution < 1.29 is 43.5 Å². The molecule has 38 heavy (non-hydrogen) atoms. The number of imidazole rings is 1. The van der Waals surface area contributed by atoms with Crippen LogP contribution in [0.2, 0.25) is 0 Å². The molecule has 0 fully saturated rings. The Hall–Kier alpha value is -3.34. The SMILES string of the molecule is Cc1c(OCC(F)(F)F)ccnc1CS(=O)c1nc2ccccc2n1S(=O)(=O)c1ccccc1S(=O)(=O)O. The second kappa shape index (κ2) is 10.1. The number of alkyl halides is 3. The van der Waals surface area contributed by atoms with Crippen molar-refractivity contribution in [3.63, 3.8) is 0 Å². The van der Waals surface area contributed by atoms with Crippen molar-refractivity contribution in [3.05, 3.63) is 72.1 Å². The van der Waals surface area contributed by atoms with E-state index in [9.17, 15) is 38.8 Å². The van der Waals surface area contributed by atoms with Crippen molar-refractivity contribution in [1.82, 2.24) is 13.9 Å². The van der Waals surface area contributed by atoms with Crippen LogP contribution >= 0.6 is 0 Å². The van der Waals surface area contributed by atoms with Gasteiger partial charge in [-0.2, -0.15) is 21.6 Å². The standard InChI is InChI=1S/C22H18F3N3O7S3/c1-14-16(26-11-10-18(14)35-13-22(23,24)25)12-36(29)21-27-15-6-2-3-7-17(15)28(21)37(30,31)19-8-4-5-9-20(19)38(32,33)34/h2-11H,12-13H2,1H3,(H,32,33,34). The number of ether oxygens (including phenoxy) is 1. The first-order valence-electron chi connectivity index (χ1n) is 10.5. The Labute approximate surface area is 217 Å². The molecule has 4 rings (SSSR count). The lowest BCUT2D eigenvalue weighted by molar-refractivity contribution is -0.153. The van der Waals surface area contributed by atoms with Crippen molar-refractivity contribution in [2.24, 2.45) is 0 Å². The van der Waals surface area contributed by atoms with Gasteiger partial charge in [0.15, 0.2) is 6.61 Å². The average molecular weight is 590 g/mol. The zero-order valence-electron chi connectivity index (χ0n) is 19.3. The molecule has 0 spiro atoms. The fourth-order valence-electron chi connectivity index (χ4n) is 3.54. The summed E-state index contributed by atoms with van der Waals surface area (Å²) < 4.78 is 118. The molecule has 202 valence electrons. The molecule has 2 aromatic carbocycles. The van der Waals surface area contributed by atoms with Crippen molar-refractivity contribution in [2.45, 2.75) is 33.8 Å². The summed E-state index contributed by atoms with van der Waals surface area (Å²) in [6.07, 6.45) is -3.43. The molecule has 0 radical (unpaired) electrons. The molecule has 0 bridgehead atoms. The number of rotatable bonds is 8. The Balaban J connectivity index is 1.82. The Bertz CT molecular complexity index is 1770. The average Bonchev–Trinajstić information content (AvgIpc) is 3.24. The molecule has 0 saturated heterocycles. The van der Waals surface area contributed by atoms with Crippen molar-refractivity contribution in [2.75, 3.05) is 6.61 Å². The molecule has 0 amide bonds. The van der Waals surface area contributed by atoms with Gasteiger partial charge in [0.05, 0.1) is 33.3 Å². The summed E-state index contributed by atoms with van der Waals surface area (Å²) in [6.45, 7) is -0.144. The molecular weight excluding hydrogens is 571 g/mol. The molecule has 1 unspecified atom stereocenters. The van der Waals surface area contributed by atoms with Crippen LogP contribution in [0.25, 0.3) is 11.0 Å². The Morgan fingerprint density at radius 3 is 2.29 bits per heavy atom. The van der Waals surface area contributed by atoms with Gasteiger partial charge >= 0.3 is 6.18 Å². The highest BCUT2D eigenvalue weighted by molar-refractivity contribution is 7.92. The van der Waals surface area contributed by atoms with Crippen LogP contribution in [-0.2, 0) is 36.7 Å². The van der Waals surface area contributed by atoms with Gasteiger partial charge in [0.2, 0.25) is 5.16 Å². The Morgan fingerprint density at radius 2 is 1.63 bits per heavy atom. The predicted molar refractivity (Wildman–Crippen MR) is 129 cm³/mol. The molecule has 4 aromatic rings. The maximum absolute atomic E-state index is 13.7. The third-order valence-corrected chi connectivity index (χ3v) is 9.39. The molecular formula is C22H18F3N3O7S3. The number of pyridine rings is 1. The molecule has 10 nitrogen and oxygen atoms in total. The summed E-state index contributed by atoms with van der Waals surface area (Å²) in [5, 5.41) is -0.487. The largest absolute Gasteiger partial charge is 0.484 e. The zero-order valence-corrected chi connectivity index (χ0v) is 21.7. The van der Waals surface area contributed by atoms with Crippen LogP contribution in [0.4, 0.5) is 13.2 Å². The van der Waals surface area contributed by atoms with Crippen molar-refractivity contribution in [1.29, 1.82) is 0 Å². The van der Waals surface area contributed by atoms with E-state index in [4.69, 9.17) is 4.74 Å². The highest BCUT2D eigenvalue weighted by Crippen LogP contribution is 2.30. The summed E-state index contributed by atoms with van der Waals surface area (Å²) in [5.74, 6) is -0.596. The summed E-state index contributed by atoms with van der Waals surface area (Å²) in [4.78, 5) is 6.56. The number of nitrogens with zero attached hydrogens (tertiary/aromatic N) is 3. The lowest BCUT2D eigenvalue weighted by Gasteiger charge is -2.14. The second-order valence-corrected chi connectivity index (χ2v) is 12.3. The van der Waals surface area contributed by atoms with Crippen LogP contribution in [0.1, 0.15) is 11.3 Å². The van der Waals surface area contributed by atoms with Gasteiger partial charge in [-0.1, -0.05) is 24.3 Å². The Morgan fingerprint density at radius 1 is 1.00 bits per heavy atom. The van der Waals surface area contributed by atoms with E-state index in [1.165, 1.54) is 43.3 Å². The lowest BCUT2D eigenvalue weighted by atomic mass is 10.2. The van der Waals surface area contributed by atoms with E-state index in [1.807, 2.05) is 0 Å². The topological polar surface area (TPSA) is 146 Å². The van der Waals surface area contributed by atoms with Crippen LogP contribution in [0.5, 0.6) is 5.75 Å². The molecule has 0 aliphatic carbocycles. The first-order chi connectivity index (χ1) is 17.7. The van der Waals surface area contributed by atoms with E-state index in [0.717, 1.165) is 18.3 Å². The minimum atomic E-state index is -4.96. The molecule has 2 aromatic heterocycles. The molecule has 2 heterocycles. The Kier molecular flexibility index (Phi) is 7.35. The number of para-hydroxylation sites is 2. The minimum absolute atomic E-state index is 0.0204. The molecule has 0 aliphatic heterocycles. The van der Waals surface area contributed by atoms with Crippen LogP contribution < -0.4 is 4.74 Å². The number of benzene rings is 2. The van der Waals surface area contributed by atoms with Gasteiger partial charge in [0, 0.05) is 11.8 Å². The summed E-state index contributed by atoms with van der Waals surface area (Å²) in [5.41, 5.74) is 0.327. The van der Waals surface area contributed by atoms with Gasteiger partial charge in [-0.15, -0.1) is 0 Å². The smallest absolute Gasteiger partial charge is 0.422 e. The maximum atomic E-state index is 13.7. The summed E-state index contributed by atoms with van der Waals surface area (Å²) in [6, 6.07) is 11.4. The fraction of sp³-hybridized carbons (Fsp3) is 0.182. The van der Waals surface area contributed by atoms with E-state index >= 15 is 0 Å². The summed E-state index contributed by atoms with van der Waals surface area (Å²) >= 11 is 0. The number of hydrogen-bond acceptors (Lipinski definition) is 8. The van der Waals surface area contributed by atoms with Crippen LogP contribution in [0.15, 0.2) is 75.7 Å². The molecule has 0 aliphatic rings. The van der Waals surface area contributed by atoms with Gasteiger partial charge in [-0.05, 0) is 37.3 Å². The normalized spacial score (nSPS) is 13.5. The van der Waals surface area contributed by atoms with Crippen LogP contribution in [0.3, 0.4) is 0 Å². The monoisotopic (exact) mass is 589 g/mol. The first-order valence-corrected chi connectivity index (χ1v) is 14.7. The van der Waals surface area contributed by atoms with Gasteiger partial charge in [-0.3, -0.25) is 13.7 Å². The highest BCUT2D eigenvalue weighted by Gasteiger charge is 2.32. The molecule has 16 heteroatoms. The predicted octanol–water partition coefficient (Wildman–Crippen LogP) is 3.47.